The Labute approximate surface area is 84.5 Å². The van der Waals surface area contributed by atoms with Gasteiger partial charge in [-0.1, -0.05) is 5.92 Å². The fourth-order valence-electron chi connectivity index (χ4n) is 1.81. The largest absolute Gasteiger partial charge is 0.480 e. The molecule has 0 saturated carbocycles. The molecule has 1 rings (SSSR count). The molecule has 4 nitrogen and oxygen atoms in total. The Bertz CT molecular complexity index is 247. The Morgan fingerprint density at radius 3 is 2.93 bits per heavy atom. The molecule has 1 atom stereocenters. The third kappa shape index (κ3) is 3.02. The lowest BCUT2D eigenvalue weighted by atomic mass is 10.2. The quantitative estimate of drug-likeness (QED) is 0.628. The summed E-state index contributed by atoms with van der Waals surface area (Å²) in [6.45, 7) is 2.40. The van der Waals surface area contributed by atoms with E-state index in [-0.39, 0.29) is 6.54 Å². The predicted octanol–water partition coefficient (Wildman–Crippen LogP) is -0.290. The number of likely N-dealkylation sites (N-methyl/N-ethyl adjacent to an activating group) is 1. The van der Waals surface area contributed by atoms with Crippen LogP contribution in [0.2, 0.25) is 0 Å². The summed E-state index contributed by atoms with van der Waals surface area (Å²) in [6, 6.07) is 0.298. The van der Waals surface area contributed by atoms with Crippen LogP contribution in [-0.4, -0.2) is 60.1 Å². The van der Waals surface area contributed by atoms with Crippen LogP contribution in [0.4, 0.5) is 0 Å². The molecule has 14 heavy (non-hydrogen) atoms. The van der Waals surface area contributed by atoms with Crippen LogP contribution in [0, 0.1) is 12.3 Å². The van der Waals surface area contributed by atoms with Gasteiger partial charge in [-0.15, -0.1) is 6.42 Å². The average Bonchev–Trinajstić information content (AvgIpc) is 2.50. The maximum absolute atomic E-state index is 10.6. The van der Waals surface area contributed by atoms with E-state index in [1.165, 1.54) is 0 Å². The molecule has 78 valence electrons. The molecule has 0 bridgehead atoms. The lowest BCUT2D eigenvalue weighted by Gasteiger charge is -2.24. The van der Waals surface area contributed by atoms with E-state index in [2.05, 4.69) is 10.8 Å². The van der Waals surface area contributed by atoms with Gasteiger partial charge in [0.25, 0.3) is 0 Å². The van der Waals surface area contributed by atoms with Crippen molar-refractivity contribution in [3.8, 4) is 12.3 Å². The molecule has 1 saturated heterocycles. The molecular weight excluding hydrogens is 180 g/mol. The summed E-state index contributed by atoms with van der Waals surface area (Å²) in [7, 11) is 2.04. The summed E-state index contributed by atoms with van der Waals surface area (Å²) in [5.74, 6) is 1.70. The molecule has 1 N–H and O–H groups in total. The number of carboxylic acid groups (broad SMARTS) is 1. The van der Waals surface area contributed by atoms with Crippen LogP contribution in [-0.2, 0) is 4.79 Å². The number of likely N-dealkylation sites (tertiary alicyclic amines) is 1. The molecule has 0 aromatic heterocycles. The van der Waals surface area contributed by atoms with Gasteiger partial charge in [0.1, 0.15) is 0 Å². The lowest BCUT2D eigenvalue weighted by Crippen LogP contribution is -2.40. The fourth-order valence-corrected chi connectivity index (χ4v) is 1.81. The summed E-state index contributed by atoms with van der Waals surface area (Å²) in [5, 5.41) is 8.71. The van der Waals surface area contributed by atoms with Gasteiger partial charge in [0, 0.05) is 12.6 Å². The van der Waals surface area contributed by atoms with Gasteiger partial charge < -0.3 is 10.0 Å². The minimum absolute atomic E-state index is 0.0444. The van der Waals surface area contributed by atoms with Crippen molar-refractivity contribution in [3.05, 3.63) is 0 Å². The van der Waals surface area contributed by atoms with Crippen LogP contribution >= 0.6 is 0 Å². The topological polar surface area (TPSA) is 43.8 Å². The number of rotatable bonds is 4. The summed E-state index contributed by atoms with van der Waals surface area (Å²) >= 11 is 0. The first-order chi connectivity index (χ1) is 6.63. The summed E-state index contributed by atoms with van der Waals surface area (Å²) in [5.41, 5.74) is 0. The molecule has 4 heteroatoms. The SMILES string of the molecule is C#CCN(CC(=O)O)C1CCN(C)C1. The first kappa shape index (κ1) is 11.0. The normalized spacial score (nSPS) is 22.5. The van der Waals surface area contributed by atoms with E-state index < -0.39 is 5.97 Å². The number of terminal acetylenes is 1. The van der Waals surface area contributed by atoms with Crippen LogP contribution in [0.25, 0.3) is 0 Å². The number of hydrogen-bond acceptors (Lipinski definition) is 3. The highest BCUT2D eigenvalue weighted by atomic mass is 16.4. The Balaban J connectivity index is 2.50. The van der Waals surface area contributed by atoms with Crippen molar-refractivity contribution in [1.29, 1.82) is 0 Å². The van der Waals surface area contributed by atoms with Crippen molar-refractivity contribution in [2.45, 2.75) is 12.5 Å². The Kier molecular flexibility index (Phi) is 3.93. The maximum Gasteiger partial charge on any atom is 0.317 e. The third-order valence-electron chi connectivity index (χ3n) is 2.52. The van der Waals surface area contributed by atoms with Gasteiger partial charge in [0.2, 0.25) is 0 Å². The van der Waals surface area contributed by atoms with Crippen molar-refractivity contribution in [3.63, 3.8) is 0 Å². The monoisotopic (exact) mass is 196 g/mol. The molecule has 0 radical (unpaired) electrons. The highest BCUT2D eigenvalue weighted by Gasteiger charge is 2.26. The van der Waals surface area contributed by atoms with Crippen LogP contribution in [0.1, 0.15) is 6.42 Å². The molecule has 1 aliphatic heterocycles. The van der Waals surface area contributed by atoms with Crippen molar-refractivity contribution in [2.75, 3.05) is 33.2 Å². The Morgan fingerprint density at radius 2 is 2.50 bits per heavy atom. The minimum atomic E-state index is -0.810. The minimum Gasteiger partial charge on any atom is -0.480 e. The molecule has 0 spiro atoms. The smallest absolute Gasteiger partial charge is 0.317 e. The van der Waals surface area contributed by atoms with E-state index in [0.717, 1.165) is 19.5 Å². The van der Waals surface area contributed by atoms with E-state index in [0.29, 0.717) is 12.6 Å². The van der Waals surface area contributed by atoms with Gasteiger partial charge in [-0.2, -0.15) is 0 Å². The number of carbonyl (C=O) groups is 1. The standard InChI is InChI=1S/C10H16N2O2/c1-3-5-12(8-10(13)14)9-4-6-11(2)7-9/h1,9H,4-8H2,2H3,(H,13,14). The second kappa shape index (κ2) is 4.99. The molecule has 1 unspecified atom stereocenters. The number of aliphatic carboxylic acids is 1. The molecule has 1 aliphatic rings. The highest BCUT2D eigenvalue weighted by molar-refractivity contribution is 5.69. The summed E-state index contributed by atoms with van der Waals surface area (Å²) < 4.78 is 0. The number of carboxylic acids is 1. The Morgan fingerprint density at radius 1 is 1.79 bits per heavy atom. The van der Waals surface area contributed by atoms with Crippen molar-refractivity contribution < 1.29 is 9.90 Å². The number of hydrogen-bond donors (Lipinski definition) is 1. The van der Waals surface area contributed by atoms with Gasteiger partial charge in [0.15, 0.2) is 0 Å². The third-order valence-corrected chi connectivity index (χ3v) is 2.52. The van der Waals surface area contributed by atoms with Crippen LogP contribution in [0.5, 0.6) is 0 Å². The van der Waals surface area contributed by atoms with Crippen molar-refractivity contribution in [1.82, 2.24) is 9.80 Å². The van der Waals surface area contributed by atoms with Gasteiger partial charge in [-0.3, -0.25) is 9.69 Å². The molecule has 0 aromatic rings. The van der Waals surface area contributed by atoms with Crippen molar-refractivity contribution in [2.24, 2.45) is 0 Å². The van der Waals surface area contributed by atoms with Gasteiger partial charge in [0.05, 0.1) is 13.1 Å². The predicted molar refractivity (Wildman–Crippen MR) is 53.9 cm³/mol. The van der Waals surface area contributed by atoms with E-state index in [1.807, 2.05) is 11.9 Å². The number of nitrogens with zero attached hydrogens (tertiary/aromatic N) is 2. The Hall–Kier alpha value is -1.05. The van der Waals surface area contributed by atoms with Gasteiger partial charge >= 0.3 is 5.97 Å². The zero-order valence-electron chi connectivity index (χ0n) is 8.44. The molecule has 0 aromatic carbocycles. The van der Waals surface area contributed by atoms with E-state index in [9.17, 15) is 4.79 Å². The first-order valence-electron chi connectivity index (χ1n) is 4.71. The zero-order chi connectivity index (χ0) is 10.6. The van der Waals surface area contributed by atoms with Crippen LogP contribution < -0.4 is 0 Å². The lowest BCUT2D eigenvalue weighted by molar-refractivity contribution is -0.138. The molecule has 0 aliphatic carbocycles. The van der Waals surface area contributed by atoms with E-state index >= 15 is 0 Å². The maximum atomic E-state index is 10.6. The molecule has 1 heterocycles. The summed E-state index contributed by atoms with van der Waals surface area (Å²) in [6.07, 6.45) is 6.21. The first-order valence-corrected chi connectivity index (χ1v) is 4.71. The van der Waals surface area contributed by atoms with Crippen molar-refractivity contribution >= 4 is 5.97 Å². The van der Waals surface area contributed by atoms with Crippen LogP contribution in [0.3, 0.4) is 0 Å². The van der Waals surface area contributed by atoms with Gasteiger partial charge in [-0.05, 0) is 20.0 Å². The van der Waals surface area contributed by atoms with Gasteiger partial charge in [-0.25, -0.2) is 0 Å². The van der Waals surface area contributed by atoms with E-state index in [1.54, 1.807) is 0 Å². The summed E-state index contributed by atoms with van der Waals surface area (Å²) in [4.78, 5) is 14.6. The molecular formula is C10H16N2O2. The molecule has 1 fully saturated rings. The second-order valence-corrected chi connectivity index (χ2v) is 3.71. The fraction of sp³-hybridized carbons (Fsp3) is 0.700. The average molecular weight is 196 g/mol. The second-order valence-electron chi connectivity index (χ2n) is 3.71. The highest BCUT2D eigenvalue weighted by Crippen LogP contribution is 2.13. The zero-order valence-corrected chi connectivity index (χ0v) is 8.44. The molecule has 0 amide bonds. The van der Waals surface area contributed by atoms with Crippen LogP contribution in [0.15, 0.2) is 0 Å². The van der Waals surface area contributed by atoms with E-state index in [4.69, 9.17) is 11.5 Å².